The standard InChI is InChI=1S/C12H13N5O2S/c1-9-3-4-10(6-13)5-11(9)20(18,19)17(2)7-12-14-8-15-16-12/h3-5,8H,7H2,1-2H3,(H,14,15,16). The normalized spacial score (nSPS) is 11.5. The number of rotatable bonds is 4. The van der Waals surface area contributed by atoms with E-state index in [9.17, 15) is 8.42 Å². The van der Waals surface area contributed by atoms with E-state index in [0.717, 1.165) is 4.31 Å². The molecule has 0 aliphatic heterocycles. The van der Waals surface area contributed by atoms with Crippen molar-refractivity contribution in [3.63, 3.8) is 0 Å². The van der Waals surface area contributed by atoms with Gasteiger partial charge in [0, 0.05) is 7.05 Å². The number of aromatic nitrogens is 3. The lowest BCUT2D eigenvalue weighted by molar-refractivity contribution is 0.457. The van der Waals surface area contributed by atoms with Gasteiger partial charge in [0.2, 0.25) is 10.0 Å². The highest BCUT2D eigenvalue weighted by molar-refractivity contribution is 7.89. The van der Waals surface area contributed by atoms with Gasteiger partial charge in [0.25, 0.3) is 0 Å². The Bertz CT molecular complexity index is 747. The van der Waals surface area contributed by atoms with E-state index in [1.54, 1.807) is 19.1 Å². The first-order valence-electron chi connectivity index (χ1n) is 5.76. The Hall–Kier alpha value is -2.24. The molecular formula is C12H13N5O2S. The van der Waals surface area contributed by atoms with E-state index in [0.29, 0.717) is 17.0 Å². The first kappa shape index (κ1) is 14.2. The van der Waals surface area contributed by atoms with Crippen molar-refractivity contribution >= 4 is 10.0 Å². The van der Waals surface area contributed by atoms with Crippen molar-refractivity contribution in [1.29, 1.82) is 5.26 Å². The lowest BCUT2D eigenvalue weighted by Crippen LogP contribution is -2.27. The number of hydrogen-bond acceptors (Lipinski definition) is 5. The smallest absolute Gasteiger partial charge is 0.243 e. The van der Waals surface area contributed by atoms with Crippen molar-refractivity contribution in [2.75, 3.05) is 7.05 Å². The van der Waals surface area contributed by atoms with Crippen LogP contribution in [0.2, 0.25) is 0 Å². The van der Waals surface area contributed by atoms with E-state index in [1.165, 1.54) is 19.4 Å². The lowest BCUT2D eigenvalue weighted by Gasteiger charge is -2.17. The second-order valence-electron chi connectivity index (χ2n) is 4.29. The van der Waals surface area contributed by atoms with Crippen molar-refractivity contribution in [3.05, 3.63) is 41.5 Å². The molecule has 0 spiro atoms. The summed E-state index contributed by atoms with van der Waals surface area (Å²) in [5.74, 6) is 0.449. The molecule has 20 heavy (non-hydrogen) atoms. The summed E-state index contributed by atoms with van der Waals surface area (Å²) in [7, 11) is -2.23. The van der Waals surface area contributed by atoms with E-state index in [4.69, 9.17) is 5.26 Å². The lowest BCUT2D eigenvalue weighted by atomic mass is 10.2. The summed E-state index contributed by atoms with van der Waals surface area (Å²) in [4.78, 5) is 4.02. The largest absolute Gasteiger partial charge is 0.262 e. The van der Waals surface area contributed by atoms with Gasteiger partial charge in [-0.15, -0.1) is 0 Å². The summed E-state index contributed by atoms with van der Waals surface area (Å²) >= 11 is 0. The zero-order valence-electron chi connectivity index (χ0n) is 11.0. The number of H-pyrrole nitrogens is 1. The molecule has 0 aliphatic carbocycles. The van der Waals surface area contributed by atoms with Crippen molar-refractivity contribution in [2.45, 2.75) is 18.4 Å². The van der Waals surface area contributed by atoms with Crippen LogP contribution in [0.15, 0.2) is 29.4 Å². The Morgan fingerprint density at radius 3 is 2.80 bits per heavy atom. The van der Waals surface area contributed by atoms with Gasteiger partial charge in [-0.3, -0.25) is 5.10 Å². The molecule has 0 saturated heterocycles. The summed E-state index contributed by atoms with van der Waals surface area (Å²) < 4.78 is 26.2. The van der Waals surface area contributed by atoms with E-state index < -0.39 is 10.0 Å². The van der Waals surface area contributed by atoms with Crippen LogP contribution in [0.1, 0.15) is 17.0 Å². The first-order valence-corrected chi connectivity index (χ1v) is 7.20. The highest BCUT2D eigenvalue weighted by Crippen LogP contribution is 2.21. The van der Waals surface area contributed by atoms with Gasteiger partial charge < -0.3 is 0 Å². The van der Waals surface area contributed by atoms with Crippen molar-refractivity contribution in [3.8, 4) is 6.07 Å². The molecule has 2 rings (SSSR count). The van der Waals surface area contributed by atoms with Gasteiger partial charge in [-0.1, -0.05) is 6.07 Å². The van der Waals surface area contributed by atoms with Crippen LogP contribution >= 0.6 is 0 Å². The number of aromatic amines is 1. The third-order valence-corrected chi connectivity index (χ3v) is 4.79. The first-order chi connectivity index (χ1) is 9.45. The van der Waals surface area contributed by atoms with Gasteiger partial charge in [-0.25, -0.2) is 13.4 Å². The summed E-state index contributed by atoms with van der Waals surface area (Å²) in [6.07, 6.45) is 1.32. The number of hydrogen-bond donors (Lipinski definition) is 1. The fourth-order valence-electron chi connectivity index (χ4n) is 1.72. The van der Waals surface area contributed by atoms with Crippen LogP contribution in [-0.4, -0.2) is 35.0 Å². The van der Waals surface area contributed by atoms with Crippen LogP contribution in [-0.2, 0) is 16.6 Å². The SMILES string of the molecule is Cc1ccc(C#N)cc1S(=O)(=O)N(C)Cc1ncn[nH]1. The molecule has 1 N–H and O–H groups in total. The topological polar surface area (TPSA) is 103 Å². The quantitative estimate of drug-likeness (QED) is 0.897. The van der Waals surface area contributed by atoms with Crippen molar-refractivity contribution in [1.82, 2.24) is 19.5 Å². The molecule has 0 atom stereocenters. The third-order valence-electron chi connectivity index (χ3n) is 2.84. The molecule has 8 heteroatoms. The van der Waals surface area contributed by atoms with E-state index >= 15 is 0 Å². The number of nitrogens with zero attached hydrogens (tertiary/aromatic N) is 4. The molecule has 1 aromatic carbocycles. The number of benzene rings is 1. The molecule has 0 aliphatic rings. The molecule has 7 nitrogen and oxygen atoms in total. The van der Waals surface area contributed by atoms with Gasteiger partial charge >= 0.3 is 0 Å². The fraction of sp³-hybridized carbons (Fsp3) is 0.250. The molecule has 104 valence electrons. The predicted molar refractivity (Wildman–Crippen MR) is 70.9 cm³/mol. The maximum atomic E-state index is 12.5. The molecule has 0 unspecified atom stereocenters. The van der Waals surface area contributed by atoms with Crippen LogP contribution in [0.4, 0.5) is 0 Å². The molecule has 1 heterocycles. The van der Waals surface area contributed by atoms with Crippen molar-refractivity contribution in [2.24, 2.45) is 0 Å². The van der Waals surface area contributed by atoms with Crippen molar-refractivity contribution < 1.29 is 8.42 Å². The Morgan fingerprint density at radius 1 is 1.45 bits per heavy atom. The average Bonchev–Trinajstić information content (AvgIpc) is 2.92. The molecule has 1 aromatic heterocycles. The van der Waals surface area contributed by atoms with E-state index in [2.05, 4.69) is 15.2 Å². The summed E-state index contributed by atoms with van der Waals surface area (Å²) in [6.45, 7) is 1.77. The maximum absolute atomic E-state index is 12.5. The van der Waals surface area contributed by atoms with Gasteiger partial charge in [-0.05, 0) is 24.6 Å². The molecule has 0 amide bonds. The maximum Gasteiger partial charge on any atom is 0.243 e. The Kier molecular flexibility index (Phi) is 3.83. The Morgan fingerprint density at radius 2 is 2.20 bits per heavy atom. The molecule has 0 radical (unpaired) electrons. The van der Waals surface area contributed by atoms with Crippen LogP contribution in [0.5, 0.6) is 0 Å². The second kappa shape index (κ2) is 5.40. The molecular weight excluding hydrogens is 278 g/mol. The summed E-state index contributed by atoms with van der Waals surface area (Å²) in [5.41, 5.74) is 0.899. The van der Waals surface area contributed by atoms with Gasteiger partial charge in [0.05, 0.1) is 23.1 Å². The van der Waals surface area contributed by atoms with E-state index in [-0.39, 0.29) is 11.4 Å². The minimum atomic E-state index is -3.68. The zero-order chi connectivity index (χ0) is 14.8. The number of nitriles is 1. The summed E-state index contributed by atoms with van der Waals surface area (Å²) in [6, 6.07) is 6.52. The second-order valence-corrected chi connectivity index (χ2v) is 6.30. The van der Waals surface area contributed by atoms with Crippen LogP contribution in [0.25, 0.3) is 0 Å². The third kappa shape index (κ3) is 2.68. The Balaban J connectivity index is 2.37. The average molecular weight is 291 g/mol. The highest BCUT2D eigenvalue weighted by Gasteiger charge is 2.24. The molecule has 0 saturated carbocycles. The van der Waals surface area contributed by atoms with Gasteiger partial charge in [0.1, 0.15) is 12.2 Å². The zero-order valence-corrected chi connectivity index (χ0v) is 11.8. The monoisotopic (exact) mass is 291 g/mol. The molecule has 0 fully saturated rings. The Labute approximate surface area is 116 Å². The van der Waals surface area contributed by atoms with Crippen LogP contribution in [0.3, 0.4) is 0 Å². The number of sulfonamides is 1. The van der Waals surface area contributed by atoms with Gasteiger partial charge in [0.15, 0.2) is 0 Å². The number of nitrogens with one attached hydrogen (secondary N) is 1. The minimum Gasteiger partial charge on any atom is -0.262 e. The highest BCUT2D eigenvalue weighted by atomic mass is 32.2. The molecule has 2 aromatic rings. The van der Waals surface area contributed by atoms with E-state index in [1.807, 2.05) is 6.07 Å². The summed E-state index contributed by atoms with van der Waals surface area (Å²) in [5, 5.41) is 15.2. The number of aryl methyl sites for hydroxylation is 1. The molecule has 0 bridgehead atoms. The van der Waals surface area contributed by atoms with Crippen LogP contribution in [0, 0.1) is 18.3 Å². The minimum absolute atomic E-state index is 0.0819. The fourth-order valence-corrected chi connectivity index (χ4v) is 3.10. The van der Waals surface area contributed by atoms with Gasteiger partial charge in [-0.2, -0.15) is 14.7 Å². The van der Waals surface area contributed by atoms with Crippen LogP contribution < -0.4 is 0 Å². The predicted octanol–water partition coefficient (Wildman–Crippen LogP) is 0.805.